The molecule has 0 saturated heterocycles. The Kier molecular flexibility index (Phi) is 6.21. The summed E-state index contributed by atoms with van der Waals surface area (Å²) >= 11 is 0. The zero-order valence-corrected chi connectivity index (χ0v) is 19.2. The number of nitrogens with one attached hydrogen (secondary N) is 1. The predicted octanol–water partition coefficient (Wildman–Crippen LogP) is 4.28. The zero-order valence-electron chi connectivity index (χ0n) is 18.3. The molecule has 10 heteroatoms. The van der Waals surface area contributed by atoms with Gasteiger partial charge in [0.15, 0.2) is 0 Å². The Morgan fingerprint density at radius 3 is 2.44 bits per heavy atom. The number of benzene rings is 2. The van der Waals surface area contributed by atoms with Crippen LogP contribution in [-0.2, 0) is 14.8 Å². The molecule has 2 aromatic heterocycles. The predicted molar refractivity (Wildman–Crippen MR) is 124 cm³/mol. The second-order valence-corrected chi connectivity index (χ2v) is 8.90. The highest BCUT2D eigenvalue weighted by atomic mass is 32.2. The molecule has 0 saturated carbocycles. The van der Waals surface area contributed by atoms with Crippen molar-refractivity contribution < 1.29 is 22.7 Å². The van der Waals surface area contributed by atoms with Gasteiger partial charge >= 0.3 is 5.97 Å². The molecular weight excluding hydrogens is 456 g/mol. The number of fused-ring (bicyclic) bond motifs is 1. The van der Waals surface area contributed by atoms with Gasteiger partial charge in [-0.15, -0.1) is 0 Å². The number of rotatable bonds is 7. The van der Waals surface area contributed by atoms with E-state index in [1.807, 2.05) is 24.3 Å². The van der Waals surface area contributed by atoms with Crippen molar-refractivity contribution in [3.8, 4) is 17.6 Å². The molecule has 0 aliphatic carbocycles. The largest absolute Gasteiger partial charge is 0.462 e. The number of nitriles is 1. The number of carbonyl (C=O) groups is 1. The quantitative estimate of drug-likeness (QED) is 0.395. The number of nitrogens with zero attached hydrogens (tertiary/aromatic N) is 3. The summed E-state index contributed by atoms with van der Waals surface area (Å²) in [6, 6.07) is 16.9. The van der Waals surface area contributed by atoms with Gasteiger partial charge in [-0.3, -0.25) is 4.72 Å². The number of para-hydroxylation sites is 1. The Morgan fingerprint density at radius 1 is 1.12 bits per heavy atom. The molecule has 9 nitrogen and oxygen atoms in total. The fourth-order valence-electron chi connectivity index (χ4n) is 3.40. The third kappa shape index (κ3) is 4.42. The maximum absolute atomic E-state index is 13.2. The molecule has 0 atom stereocenters. The van der Waals surface area contributed by atoms with Gasteiger partial charge in [0.05, 0.1) is 40.0 Å². The molecule has 0 bridgehead atoms. The van der Waals surface area contributed by atoms with E-state index in [4.69, 9.17) is 9.47 Å². The summed E-state index contributed by atoms with van der Waals surface area (Å²) in [4.78, 5) is 12.3. The summed E-state index contributed by atoms with van der Waals surface area (Å²) < 4.78 is 40.9. The smallest absolute Gasteiger partial charge is 0.340 e. The Morgan fingerprint density at radius 2 is 1.79 bits per heavy atom. The maximum Gasteiger partial charge on any atom is 0.340 e. The summed E-state index contributed by atoms with van der Waals surface area (Å²) in [6.07, 6.45) is 2.67. The number of hydrogen-bond donors (Lipinski definition) is 1. The van der Waals surface area contributed by atoms with Gasteiger partial charge in [0.25, 0.3) is 10.0 Å². The molecule has 0 unspecified atom stereocenters. The Hall–Kier alpha value is -4.36. The fourth-order valence-corrected chi connectivity index (χ4v) is 4.48. The van der Waals surface area contributed by atoms with Crippen molar-refractivity contribution in [3.05, 3.63) is 83.7 Å². The van der Waals surface area contributed by atoms with Crippen LogP contribution in [0.15, 0.2) is 71.9 Å². The average Bonchev–Trinajstić information content (AvgIpc) is 3.17. The van der Waals surface area contributed by atoms with Crippen LogP contribution in [0.3, 0.4) is 0 Å². The minimum absolute atomic E-state index is 0.0108. The molecular formula is C24H20N4O5S. The van der Waals surface area contributed by atoms with Gasteiger partial charge in [0.1, 0.15) is 17.6 Å². The lowest BCUT2D eigenvalue weighted by Gasteiger charge is -2.12. The van der Waals surface area contributed by atoms with E-state index in [0.717, 1.165) is 0 Å². The van der Waals surface area contributed by atoms with Crippen molar-refractivity contribution in [1.82, 2.24) is 9.61 Å². The van der Waals surface area contributed by atoms with Gasteiger partial charge in [0.2, 0.25) is 0 Å². The van der Waals surface area contributed by atoms with Gasteiger partial charge in [-0.1, -0.05) is 18.2 Å². The lowest BCUT2D eigenvalue weighted by molar-refractivity contribution is 0.0525. The second kappa shape index (κ2) is 9.25. The highest BCUT2D eigenvalue weighted by Crippen LogP contribution is 2.30. The summed E-state index contributed by atoms with van der Waals surface area (Å²) in [5.41, 5.74) is 0.987. The molecule has 2 heterocycles. The molecule has 0 radical (unpaired) electrons. The minimum atomic E-state index is -4.08. The fraction of sp³-hybridized carbons (Fsp3) is 0.125. The van der Waals surface area contributed by atoms with Crippen LogP contribution in [0.5, 0.6) is 11.5 Å². The zero-order chi connectivity index (χ0) is 24.3. The molecule has 0 fully saturated rings. The molecule has 1 N–H and O–H groups in total. The number of sulfonamides is 1. The van der Waals surface area contributed by atoms with Crippen molar-refractivity contribution in [2.75, 3.05) is 11.3 Å². The highest BCUT2D eigenvalue weighted by molar-refractivity contribution is 7.92. The van der Waals surface area contributed by atoms with Gasteiger partial charge in [-0.05, 0) is 55.8 Å². The van der Waals surface area contributed by atoms with E-state index < -0.39 is 16.0 Å². The summed E-state index contributed by atoms with van der Waals surface area (Å²) in [6.45, 7) is 3.51. The van der Waals surface area contributed by atoms with Crippen molar-refractivity contribution >= 4 is 27.2 Å². The topological polar surface area (TPSA) is 123 Å². The summed E-state index contributed by atoms with van der Waals surface area (Å²) in [5.74, 6) is 0.526. The Labute approximate surface area is 196 Å². The lowest BCUT2D eigenvalue weighted by atomic mass is 10.1. The van der Waals surface area contributed by atoms with E-state index in [2.05, 4.69) is 9.82 Å². The first-order valence-corrected chi connectivity index (χ1v) is 11.8. The SMILES string of the molecule is CCOC(=O)c1cn2ncc(C#N)c(NS(=O)(=O)c3ccc(Oc4ccccc4)cc3)c2c1C. The number of anilines is 1. The second-order valence-electron chi connectivity index (χ2n) is 7.22. The lowest BCUT2D eigenvalue weighted by Crippen LogP contribution is -2.15. The van der Waals surface area contributed by atoms with Crippen molar-refractivity contribution in [1.29, 1.82) is 5.26 Å². The number of esters is 1. The Balaban J connectivity index is 1.69. The van der Waals surface area contributed by atoms with Gasteiger partial charge < -0.3 is 9.47 Å². The van der Waals surface area contributed by atoms with Crippen LogP contribution >= 0.6 is 0 Å². The van der Waals surface area contributed by atoms with E-state index in [9.17, 15) is 18.5 Å². The van der Waals surface area contributed by atoms with Crippen LogP contribution in [0, 0.1) is 18.3 Å². The highest BCUT2D eigenvalue weighted by Gasteiger charge is 2.24. The van der Waals surface area contributed by atoms with Crippen LogP contribution in [0.4, 0.5) is 5.69 Å². The van der Waals surface area contributed by atoms with E-state index >= 15 is 0 Å². The van der Waals surface area contributed by atoms with Gasteiger partial charge in [-0.2, -0.15) is 10.4 Å². The first kappa shape index (κ1) is 22.8. The van der Waals surface area contributed by atoms with E-state index in [1.54, 1.807) is 26.0 Å². The van der Waals surface area contributed by atoms with Gasteiger partial charge in [-0.25, -0.2) is 17.7 Å². The van der Waals surface area contributed by atoms with Crippen molar-refractivity contribution in [2.24, 2.45) is 0 Å². The van der Waals surface area contributed by atoms with Crippen molar-refractivity contribution in [2.45, 2.75) is 18.7 Å². The molecule has 0 spiro atoms. The normalized spacial score (nSPS) is 11.1. The number of hydrogen-bond acceptors (Lipinski definition) is 7. The Bertz CT molecular complexity index is 1510. The molecule has 4 rings (SSSR count). The minimum Gasteiger partial charge on any atom is -0.462 e. The number of carbonyl (C=O) groups excluding carboxylic acids is 1. The number of aromatic nitrogens is 2. The molecule has 4 aromatic rings. The van der Waals surface area contributed by atoms with Crippen LogP contribution in [0.1, 0.15) is 28.4 Å². The standard InChI is InChI=1S/C24H20N4O5S/c1-3-32-24(29)21-15-28-23(16(21)2)22(17(13-25)14-26-28)27-34(30,31)20-11-9-19(10-12-20)33-18-7-5-4-6-8-18/h4-12,14-15,27H,3H2,1-2H3. The molecule has 0 aliphatic heterocycles. The molecule has 2 aromatic carbocycles. The van der Waals surface area contributed by atoms with Crippen LogP contribution in [-0.4, -0.2) is 30.6 Å². The third-order valence-electron chi connectivity index (χ3n) is 5.02. The third-order valence-corrected chi connectivity index (χ3v) is 6.39. The molecule has 0 aliphatic rings. The van der Waals surface area contributed by atoms with E-state index in [0.29, 0.717) is 17.1 Å². The molecule has 172 valence electrons. The van der Waals surface area contributed by atoms with Crippen LogP contribution < -0.4 is 9.46 Å². The average molecular weight is 477 g/mol. The number of aryl methyl sites for hydroxylation is 1. The van der Waals surface area contributed by atoms with Crippen LogP contribution in [0.2, 0.25) is 0 Å². The first-order valence-electron chi connectivity index (χ1n) is 10.3. The molecule has 34 heavy (non-hydrogen) atoms. The van der Waals surface area contributed by atoms with Crippen LogP contribution in [0.25, 0.3) is 5.52 Å². The monoisotopic (exact) mass is 476 g/mol. The summed E-state index contributed by atoms with van der Waals surface area (Å²) in [5, 5.41) is 13.7. The molecule has 0 amide bonds. The summed E-state index contributed by atoms with van der Waals surface area (Å²) in [7, 11) is -4.08. The van der Waals surface area contributed by atoms with Crippen molar-refractivity contribution in [3.63, 3.8) is 0 Å². The van der Waals surface area contributed by atoms with E-state index in [1.165, 1.54) is 41.2 Å². The van der Waals surface area contributed by atoms with E-state index in [-0.39, 0.29) is 33.8 Å². The first-order chi connectivity index (χ1) is 16.3. The maximum atomic E-state index is 13.2. The number of ether oxygens (including phenoxy) is 2. The van der Waals surface area contributed by atoms with Gasteiger partial charge in [0, 0.05) is 6.20 Å².